The molecule has 9 aromatic carbocycles. The first-order valence-electron chi connectivity index (χ1n) is 19.2. The number of benzene rings is 9. The monoisotopic (exact) mass is 925 g/mol. The first-order valence-corrected chi connectivity index (χ1v) is 23.2. The van der Waals surface area contributed by atoms with E-state index in [1.54, 1.807) is 0 Å². The van der Waals surface area contributed by atoms with Crippen LogP contribution in [0.1, 0.15) is 0 Å². The molecule has 59 heavy (non-hydrogen) atoms. The fourth-order valence-corrected chi connectivity index (χ4v) is 13.5. The molecular weight excluding hydrogens is 880 g/mol. The third-order valence-electron chi connectivity index (χ3n) is 9.13. The standard InChI is InChI=1S/3C18H15P.ClH.Rh/c3*1-4-10-16(11-5-1)19(17-12-6-2-7-13-17)18-14-8-3-9-15-18;;/h3*1-15H;1H;. The summed E-state index contributed by atoms with van der Waals surface area (Å²) < 4.78 is 0. The van der Waals surface area contributed by atoms with Crippen molar-refractivity contribution in [3.8, 4) is 0 Å². The zero-order valence-corrected chi connectivity index (χ0v) is 37.7. The van der Waals surface area contributed by atoms with E-state index in [4.69, 9.17) is 0 Å². The summed E-state index contributed by atoms with van der Waals surface area (Å²) in [5.74, 6) is 0. The maximum Gasteiger partial charge on any atom is 0 e. The Morgan fingerprint density at radius 3 is 0.322 bits per heavy atom. The van der Waals surface area contributed by atoms with Crippen molar-refractivity contribution < 1.29 is 19.5 Å². The van der Waals surface area contributed by atoms with Crippen LogP contribution in [0.15, 0.2) is 273 Å². The molecule has 0 aliphatic rings. The van der Waals surface area contributed by atoms with Gasteiger partial charge in [0.05, 0.1) is 0 Å². The van der Waals surface area contributed by atoms with Crippen LogP contribution in [-0.4, -0.2) is 0 Å². The van der Waals surface area contributed by atoms with Gasteiger partial charge < -0.3 is 0 Å². The molecule has 293 valence electrons. The van der Waals surface area contributed by atoms with E-state index in [1.165, 1.54) is 47.7 Å². The molecule has 0 aliphatic heterocycles. The van der Waals surface area contributed by atoms with Crippen molar-refractivity contribution in [2.24, 2.45) is 0 Å². The van der Waals surface area contributed by atoms with Crippen LogP contribution in [0.4, 0.5) is 0 Å². The predicted octanol–water partition coefficient (Wildman–Crippen LogP) is 10.8. The van der Waals surface area contributed by atoms with E-state index in [0.29, 0.717) is 0 Å². The minimum absolute atomic E-state index is 0. The number of hydrogen-bond acceptors (Lipinski definition) is 0. The van der Waals surface area contributed by atoms with Crippen molar-refractivity contribution in [3.05, 3.63) is 273 Å². The predicted molar refractivity (Wildman–Crippen MR) is 263 cm³/mol. The SMILES string of the molecule is Cl.[Rh].c1ccc(P(c2ccccc2)c2ccccc2)cc1.c1ccc(P(c2ccccc2)c2ccccc2)cc1.c1ccc(P(c2ccccc2)c2ccccc2)cc1. The Hall–Kier alpha value is -4.82. The van der Waals surface area contributed by atoms with Gasteiger partial charge in [0, 0.05) is 19.5 Å². The molecule has 0 amide bonds. The Morgan fingerprint density at radius 2 is 0.237 bits per heavy atom. The van der Waals surface area contributed by atoms with Gasteiger partial charge in [-0.05, 0) is 71.5 Å². The molecule has 0 saturated heterocycles. The molecule has 5 heteroatoms. The van der Waals surface area contributed by atoms with Crippen LogP contribution in [0.25, 0.3) is 0 Å². The molecular formula is C54H46ClP3Rh. The van der Waals surface area contributed by atoms with E-state index >= 15 is 0 Å². The van der Waals surface area contributed by atoms with Gasteiger partial charge in [-0.3, -0.25) is 0 Å². The fraction of sp³-hybridized carbons (Fsp3) is 0. The third kappa shape index (κ3) is 13.1. The zero-order valence-electron chi connectivity index (χ0n) is 32.6. The molecule has 0 nitrogen and oxygen atoms in total. The van der Waals surface area contributed by atoms with Crippen LogP contribution in [0.3, 0.4) is 0 Å². The van der Waals surface area contributed by atoms with Crippen LogP contribution in [-0.2, 0) is 19.5 Å². The normalized spacial score (nSPS) is 10.2. The van der Waals surface area contributed by atoms with Gasteiger partial charge in [-0.15, -0.1) is 12.4 Å². The molecule has 0 unspecified atom stereocenters. The van der Waals surface area contributed by atoms with E-state index in [0.717, 1.165) is 0 Å². The molecule has 0 fully saturated rings. The van der Waals surface area contributed by atoms with Crippen molar-refractivity contribution >= 4 is 83.9 Å². The Morgan fingerprint density at radius 1 is 0.153 bits per heavy atom. The van der Waals surface area contributed by atoms with E-state index in [2.05, 4.69) is 273 Å². The van der Waals surface area contributed by atoms with Crippen molar-refractivity contribution in [2.45, 2.75) is 0 Å². The van der Waals surface area contributed by atoms with Crippen LogP contribution >= 0.6 is 36.2 Å². The van der Waals surface area contributed by atoms with E-state index in [1.807, 2.05) is 0 Å². The van der Waals surface area contributed by atoms with Gasteiger partial charge in [0.25, 0.3) is 0 Å². The summed E-state index contributed by atoms with van der Waals surface area (Å²) in [4.78, 5) is 0. The van der Waals surface area contributed by atoms with Gasteiger partial charge in [-0.2, -0.15) is 0 Å². The number of rotatable bonds is 9. The smallest absolute Gasteiger partial charge is 0 e. The maximum atomic E-state index is 2.23. The largest absolute Gasteiger partial charge is 0.147 e. The van der Waals surface area contributed by atoms with Crippen molar-refractivity contribution in [1.29, 1.82) is 0 Å². The molecule has 0 bridgehead atoms. The molecule has 0 saturated carbocycles. The Kier molecular flexibility index (Phi) is 19.1. The minimum Gasteiger partial charge on any atom is -0.147 e. The Bertz CT molecular complexity index is 1870. The molecule has 0 aliphatic carbocycles. The summed E-state index contributed by atoms with van der Waals surface area (Å²) >= 11 is 0. The molecule has 9 rings (SSSR count). The average Bonchev–Trinajstić information content (AvgIpc) is 3.30. The fourth-order valence-electron chi connectivity index (χ4n) is 6.54. The molecule has 9 aromatic rings. The molecule has 1 radical (unpaired) electrons. The van der Waals surface area contributed by atoms with E-state index in [9.17, 15) is 0 Å². The average molecular weight is 926 g/mol. The Labute approximate surface area is 373 Å². The quantitative estimate of drug-likeness (QED) is 0.1000. The van der Waals surface area contributed by atoms with E-state index < -0.39 is 23.8 Å². The first-order chi connectivity index (χ1) is 28.3. The first kappa shape index (κ1) is 45.3. The summed E-state index contributed by atoms with van der Waals surface area (Å²) in [5.41, 5.74) is 0. The summed E-state index contributed by atoms with van der Waals surface area (Å²) in [6.45, 7) is 0. The molecule has 0 aromatic heterocycles. The van der Waals surface area contributed by atoms with Gasteiger partial charge in [0.15, 0.2) is 0 Å². The summed E-state index contributed by atoms with van der Waals surface area (Å²) in [6.07, 6.45) is 0. The number of hydrogen-bond donors (Lipinski definition) is 0. The van der Waals surface area contributed by atoms with Gasteiger partial charge in [0.2, 0.25) is 0 Å². The zero-order chi connectivity index (χ0) is 38.7. The van der Waals surface area contributed by atoms with Crippen LogP contribution < -0.4 is 47.7 Å². The summed E-state index contributed by atoms with van der Waals surface area (Å²) in [7, 11) is -1.34. The second-order valence-corrected chi connectivity index (χ2v) is 19.7. The van der Waals surface area contributed by atoms with Crippen LogP contribution in [0.2, 0.25) is 0 Å². The summed E-state index contributed by atoms with van der Waals surface area (Å²) in [6, 6.07) is 97.0. The summed E-state index contributed by atoms with van der Waals surface area (Å²) in [5, 5.41) is 12.6. The van der Waals surface area contributed by atoms with Gasteiger partial charge in [-0.1, -0.05) is 273 Å². The molecule has 0 spiro atoms. The van der Waals surface area contributed by atoms with Crippen molar-refractivity contribution in [3.63, 3.8) is 0 Å². The van der Waals surface area contributed by atoms with Crippen molar-refractivity contribution in [1.82, 2.24) is 0 Å². The topological polar surface area (TPSA) is 0 Å². The van der Waals surface area contributed by atoms with Crippen LogP contribution in [0.5, 0.6) is 0 Å². The second-order valence-electron chi connectivity index (χ2n) is 13.0. The minimum atomic E-state index is -0.446. The molecule has 0 N–H and O–H groups in total. The van der Waals surface area contributed by atoms with E-state index in [-0.39, 0.29) is 31.9 Å². The van der Waals surface area contributed by atoms with Gasteiger partial charge in [0.1, 0.15) is 0 Å². The third-order valence-corrected chi connectivity index (χ3v) is 16.5. The van der Waals surface area contributed by atoms with Gasteiger partial charge >= 0.3 is 0 Å². The van der Waals surface area contributed by atoms with Crippen LogP contribution in [0, 0.1) is 0 Å². The molecule has 0 heterocycles. The Balaban J connectivity index is 0.000000165. The maximum absolute atomic E-state index is 2.23. The van der Waals surface area contributed by atoms with Gasteiger partial charge in [-0.25, -0.2) is 0 Å². The molecule has 0 atom stereocenters. The second kappa shape index (κ2) is 25.0. The number of halogens is 1. The van der Waals surface area contributed by atoms with Crippen molar-refractivity contribution in [2.75, 3.05) is 0 Å².